The first-order valence-corrected chi connectivity index (χ1v) is 7.57. The molecule has 1 N–H and O–H groups in total. The van der Waals surface area contributed by atoms with Gasteiger partial charge in [-0.1, -0.05) is 52.0 Å². The maximum Gasteiger partial charge on any atom is 0.0346 e. The van der Waals surface area contributed by atoms with E-state index in [0.717, 1.165) is 19.4 Å². The van der Waals surface area contributed by atoms with Gasteiger partial charge in [-0.3, -0.25) is 4.98 Å². The molecule has 0 bridgehead atoms. The number of nitrogens with zero attached hydrogens (tertiary/aromatic N) is 1. The summed E-state index contributed by atoms with van der Waals surface area (Å²) >= 11 is 0. The van der Waals surface area contributed by atoms with E-state index in [9.17, 15) is 0 Å². The Morgan fingerprint density at radius 3 is 2.60 bits per heavy atom. The van der Waals surface area contributed by atoms with Crippen molar-refractivity contribution in [3.05, 3.63) is 42.2 Å². The molecule has 1 aromatic carbocycles. The summed E-state index contributed by atoms with van der Waals surface area (Å²) in [7, 11) is 0. The quantitative estimate of drug-likeness (QED) is 0.881. The van der Waals surface area contributed by atoms with E-state index in [1.54, 1.807) is 0 Å². The Morgan fingerprint density at radius 1 is 1.15 bits per heavy atom. The predicted molar refractivity (Wildman–Crippen MR) is 87.0 cm³/mol. The van der Waals surface area contributed by atoms with Crippen LogP contribution in [0.15, 0.2) is 36.7 Å². The topological polar surface area (TPSA) is 24.9 Å². The van der Waals surface area contributed by atoms with Gasteiger partial charge in [-0.05, 0) is 35.8 Å². The SMILES string of the molecule is CCNC(CCc1cncc2ccccc12)C(C)(C)C. The molecule has 2 rings (SSSR count). The molecule has 2 heteroatoms. The van der Waals surface area contributed by atoms with Crippen molar-refractivity contribution in [3.63, 3.8) is 0 Å². The lowest BCUT2D eigenvalue weighted by molar-refractivity contribution is 0.258. The Morgan fingerprint density at radius 2 is 1.90 bits per heavy atom. The van der Waals surface area contributed by atoms with Crippen LogP contribution >= 0.6 is 0 Å². The summed E-state index contributed by atoms with van der Waals surface area (Å²) in [5.41, 5.74) is 1.64. The lowest BCUT2D eigenvalue weighted by Crippen LogP contribution is -2.40. The molecule has 0 saturated heterocycles. The molecule has 1 heterocycles. The molecule has 0 spiro atoms. The standard InChI is InChI=1S/C18H26N2/c1-5-20-17(18(2,3)4)11-10-15-13-19-12-14-8-6-7-9-16(14)15/h6-9,12-13,17,20H,5,10-11H2,1-4H3. The number of aromatic nitrogens is 1. The molecule has 0 aliphatic carbocycles. The summed E-state index contributed by atoms with van der Waals surface area (Å²) in [6.45, 7) is 10.1. The van der Waals surface area contributed by atoms with Crippen molar-refractivity contribution < 1.29 is 0 Å². The van der Waals surface area contributed by atoms with Crippen LogP contribution < -0.4 is 5.32 Å². The summed E-state index contributed by atoms with van der Waals surface area (Å²) in [6.07, 6.45) is 6.19. The molecule has 108 valence electrons. The number of pyridine rings is 1. The number of hydrogen-bond donors (Lipinski definition) is 1. The number of nitrogens with one attached hydrogen (secondary N) is 1. The van der Waals surface area contributed by atoms with E-state index in [0.29, 0.717) is 6.04 Å². The molecule has 0 fully saturated rings. The van der Waals surface area contributed by atoms with Gasteiger partial charge in [0.25, 0.3) is 0 Å². The zero-order chi connectivity index (χ0) is 14.6. The molecule has 1 unspecified atom stereocenters. The van der Waals surface area contributed by atoms with Gasteiger partial charge in [0.2, 0.25) is 0 Å². The van der Waals surface area contributed by atoms with Crippen LogP contribution in [-0.4, -0.2) is 17.6 Å². The van der Waals surface area contributed by atoms with Crippen LogP contribution in [0.1, 0.15) is 39.7 Å². The number of rotatable bonds is 5. The normalized spacial score (nSPS) is 13.6. The lowest BCUT2D eigenvalue weighted by atomic mass is 9.83. The second kappa shape index (κ2) is 6.36. The fraction of sp³-hybridized carbons (Fsp3) is 0.500. The summed E-state index contributed by atoms with van der Waals surface area (Å²) in [4.78, 5) is 4.38. The largest absolute Gasteiger partial charge is 0.314 e. The number of aryl methyl sites for hydroxylation is 1. The maximum absolute atomic E-state index is 4.38. The fourth-order valence-corrected chi connectivity index (χ4v) is 2.77. The van der Waals surface area contributed by atoms with Gasteiger partial charge >= 0.3 is 0 Å². The molecular formula is C18H26N2. The first-order chi connectivity index (χ1) is 9.52. The van der Waals surface area contributed by atoms with E-state index >= 15 is 0 Å². The molecule has 1 aromatic heterocycles. The van der Waals surface area contributed by atoms with Gasteiger partial charge in [-0.15, -0.1) is 0 Å². The van der Waals surface area contributed by atoms with Gasteiger partial charge in [-0.2, -0.15) is 0 Å². The minimum Gasteiger partial charge on any atom is -0.314 e. The zero-order valence-electron chi connectivity index (χ0n) is 13.1. The average Bonchev–Trinajstić information content (AvgIpc) is 2.42. The van der Waals surface area contributed by atoms with Crippen molar-refractivity contribution >= 4 is 10.8 Å². The van der Waals surface area contributed by atoms with Crippen LogP contribution in [0.3, 0.4) is 0 Å². The Bertz CT molecular complexity index is 549. The van der Waals surface area contributed by atoms with Crippen LogP contribution in [0.5, 0.6) is 0 Å². The highest BCUT2D eigenvalue weighted by Gasteiger charge is 2.23. The Labute approximate surface area is 122 Å². The van der Waals surface area contributed by atoms with Gasteiger partial charge in [0.05, 0.1) is 0 Å². The highest BCUT2D eigenvalue weighted by molar-refractivity contribution is 5.84. The van der Waals surface area contributed by atoms with Gasteiger partial charge in [0.1, 0.15) is 0 Å². The third kappa shape index (κ3) is 3.57. The van der Waals surface area contributed by atoms with Crippen molar-refractivity contribution in [1.29, 1.82) is 0 Å². The Kier molecular flexibility index (Phi) is 4.77. The van der Waals surface area contributed by atoms with Gasteiger partial charge < -0.3 is 5.32 Å². The fourth-order valence-electron chi connectivity index (χ4n) is 2.77. The van der Waals surface area contributed by atoms with E-state index in [1.807, 2.05) is 12.4 Å². The number of benzene rings is 1. The molecule has 0 aliphatic rings. The first kappa shape index (κ1) is 15.0. The summed E-state index contributed by atoms with van der Waals surface area (Å²) < 4.78 is 0. The second-order valence-electron chi connectivity index (χ2n) is 6.53. The third-order valence-electron chi connectivity index (χ3n) is 3.95. The maximum atomic E-state index is 4.38. The van der Waals surface area contributed by atoms with Gasteiger partial charge in [0, 0.05) is 23.8 Å². The van der Waals surface area contributed by atoms with E-state index in [1.165, 1.54) is 16.3 Å². The van der Waals surface area contributed by atoms with Crippen LogP contribution in [0, 0.1) is 5.41 Å². The minimum atomic E-state index is 0.286. The molecule has 2 nitrogen and oxygen atoms in total. The van der Waals surface area contributed by atoms with Gasteiger partial charge in [-0.25, -0.2) is 0 Å². The number of hydrogen-bond acceptors (Lipinski definition) is 2. The van der Waals surface area contributed by atoms with Crippen molar-refractivity contribution in [2.75, 3.05) is 6.54 Å². The molecular weight excluding hydrogens is 244 g/mol. The molecule has 0 amide bonds. The smallest absolute Gasteiger partial charge is 0.0346 e. The van der Waals surface area contributed by atoms with E-state index in [-0.39, 0.29) is 5.41 Å². The third-order valence-corrected chi connectivity index (χ3v) is 3.95. The molecule has 20 heavy (non-hydrogen) atoms. The summed E-state index contributed by atoms with van der Waals surface area (Å²) in [5.74, 6) is 0. The highest BCUT2D eigenvalue weighted by Crippen LogP contribution is 2.25. The average molecular weight is 270 g/mol. The molecule has 0 radical (unpaired) electrons. The van der Waals surface area contributed by atoms with E-state index in [4.69, 9.17) is 0 Å². The van der Waals surface area contributed by atoms with E-state index in [2.05, 4.69) is 62.3 Å². The molecule has 1 atom stereocenters. The lowest BCUT2D eigenvalue weighted by Gasteiger charge is -2.31. The minimum absolute atomic E-state index is 0.286. The van der Waals surface area contributed by atoms with E-state index < -0.39 is 0 Å². The van der Waals surface area contributed by atoms with Crippen molar-refractivity contribution in [2.45, 2.75) is 46.6 Å². The van der Waals surface area contributed by atoms with Crippen molar-refractivity contribution in [1.82, 2.24) is 10.3 Å². The highest BCUT2D eigenvalue weighted by atomic mass is 14.9. The monoisotopic (exact) mass is 270 g/mol. The Hall–Kier alpha value is -1.41. The van der Waals surface area contributed by atoms with Crippen LogP contribution in [-0.2, 0) is 6.42 Å². The molecule has 0 aliphatic heterocycles. The Balaban J connectivity index is 2.16. The van der Waals surface area contributed by atoms with Crippen LogP contribution in [0.4, 0.5) is 0 Å². The molecule has 0 saturated carbocycles. The molecule has 2 aromatic rings. The van der Waals surface area contributed by atoms with Crippen molar-refractivity contribution in [2.24, 2.45) is 5.41 Å². The first-order valence-electron chi connectivity index (χ1n) is 7.57. The van der Waals surface area contributed by atoms with Crippen LogP contribution in [0.2, 0.25) is 0 Å². The number of fused-ring (bicyclic) bond motifs is 1. The zero-order valence-corrected chi connectivity index (χ0v) is 13.1. The van der Waals surface area contributed by atoms with Crippen molar-refractivity contribution in [3.8, 4) is 0 Å². The van der Waals surface area contributed by atoms with Crippen LogP contribution in [0.25, 0.3) is 10.8 Å². The predicted octanol–water partition coefficient (Wildman–Crippen LogP) is 4.19. The second-order valence-corrected chi connectivity index (χ2v) is 6.53. The summed E-state index contributed by atoms with van der Waals surface area (Å²) in [6, 6.07) is 9.05. The summed E-state index contributed by atoms with van der Waals surface area (Å²) in [5, 5.41) is 6.20. The van der Waals surface area contributed by atoms with Gasteiger partial charge in [0.15, 0.2) is 0 Å².